The molecule has 0 saturated carbocycles. The van der Waals surface area contributed by atoms with Gasteiger partial charge < -0.3 is 14.6 Å². The van der Waals surface area contributed by atoms with Crippen molar-refractivity contribution < 1.29 is 29.0 Å². The fourth-order valence-electron chi connectivity index (χ4n) is 3.88. The molecule has 41 heavy (non-hydrogen) atoms. The molecule has 0 spiro atoms. The van der Waals surface area contributed by atoms with Crippen LogP contribution in [0.5, 0.6) is 0 Å². The van der Waals surface area contributed by atoms with Crippen LogP contribution >= 0.6 is 0 Å². The van der Waals surface area contributed by atoms with E-state index in [-0.39, 0.29) is 28.5 Å². The zero-order valence-corrected chi connectivity index (χ0v) is 23.7. The predicted molar refractivity (Wildman–Crippen MR) is 153 cm³/mol. The number of benzene rings is 1. The van der Waals surface area contributed by atoms with Gasteiger partial charge in [-0.1, -0.05) is 18.7 Å². The number of carboxylic acid groups (broad SMARTS) is 1. The summed E-state index contributed by atoms with van der Waals surface area (Å²) in [6, 6.07) is 11.4. The lowest BCUT2D eigenvalue weighted by atomic mass is 10.1. The third-order valence-electron chi connectivity index (χ3n) is 5.54. The molecule has 0 radical (unpaired) electrons. The van der Waals surface area contributed by atoms with Crippen LogP contribution in [0.2, 0.25) is 0 Å². The number of nitrogens with zero attached hydrogens (tertiary/aromatic N) is 5. The second-order valence-electron chi connectivity index (χ2n) is 11.1. The van der Waals surface area contributed by atoms with Crippen molar-refractivity contribution in [2.24, 2.45) is 0 Å². The minimum absolute atomic E-state index is 0.00869. The highest BCUT2D eigenvalue weighted by Gasteiger charge is 2.32. The molecular formula is C30H31N5O6. The van der Waals surface area contributed by atoms with Gasteiger partial charge in [0.1, 0.15) is 11.2 Å². The Labute approximate surface area is 237 Å². The van der Waals surface area contributed by atoms with E-state index in [1.165, 1.54) is 22.9 Å². The largest absolute Gasteiger partial charge is 0.478 e. The van der Waals surface area contributed by atoms with Crippen molar-refractivity contribution in [2.45, 2.75) is 52.7 Å². The number of para-hydroxylation sites is 1. The van der Waals surface area contributed by atoms with Crippen molar-refractivity contribution in [1.82, 2.24) is 19.6 Å². The monoisotopic (exact) mass is 557 g/mol. The van der Waals surface area contributed by atoms with E-state index in [0.29, 0.717) is 16.8 Å². The summed E-state index contributed by atoms with van der Waals surface area (Å²) in [7, 11) is 0. The first kappa shape index (κ1) is 28.9. The van der Waals surface area contributed by atoms with E-state index in [2.05, 4.69) is 21.6 Å². The van der Waals surface area contributed by atoms with Gasteiger partial charge in [-0.25, -0.2) is 23.8 Å². The van der Waals surface area contributed by atoms with Gasteiger partial charge in [-0.05, 0) is 83.5 Å². The van der Waals surface area contributed by atoms with Gasteiger partial charge in [0.25, 0.3) is 5.95 Å². The Morgan fingerprint density at radius 2 is 1.63 bits per heavy atom. The topological polar surface area (TPSA) is 136 Å². The Hall–Kier alpha value is -5.06. The summed E-state index contributed by atoms with van der Waals surface area (Å²) < 4.78 is 12.7. The first-order valence-corrected chi connectivity index (χ1v) is 12.7. The molecule has 4 aromatic rings. The fraction of sp³-hybridized carbons (Fsp3) is 0.267. The molecule has 1 N–H and O–H groups in total. The number of aromatic nitrogens is 4. The van der Waals surface area contributed by atoms with E-state index < -0.39 is 29.2 Å². The summed E-state index contributed by atoms with van der Waals surface area (Å²) >= 11 is 0. The predicted octanol–water partition coefficient (Wildman–Crippen LogP) is 6.16. The van der Waals surface area contributed by atoms with Gasteiger partial charge in [-0.3, -0.25) is 4.98 Å². The molecular weight excluding hydrogens is 526 g/mol. The second kappa shape index (κ2) is 10.8. The smallest absolute Gasteiger partial charge is 0.421 e. The van der Waals surface area contributed by atoms with Crippen LogP contribution in [-0.4, -0.2) is 53.9 Å². The maximum Gasteiger partial charge on any atom is 0.421 e. The van der Waals surface area contributed by atoms with E-state index in [9.17, 15) is 19.5 Å². The van der Waals surface area contributed by atoms with Crippen LogP contribution in [0.1, 0.15) is 68.0 Å². The first-order chi connectivity index (χ1) is 19.2. The number of anilines is 2. The third kappa shape index (κ3) is 6.57. The molecule has 1 amide bonds. The number of carboxylic acids is 1. The molecule has 3 aromatic heterocycles. The number of carbonyl (C=O) groups excluding carboxylic acids is 2. The van der Waals surface area contributed by atoms with E-state index in [4.69, 9.17) is 9.47 Å². The van der Waals surface area contributed by atoms with Gasteiger partial charge >= 0.3 is 18.0 Å². The quantitative estimate of drug-likeness (QED) is 0.276. The Bertz CT molecular complexity index is 1660. The standard InChI is InChI=1S/C30H31N5O6/c1-8-22-21(25(36)37)15-19(17-31-22)18-13-14-34-24(16-18)32-27(33-34)35(28(39)41-30(5,6)7)23-12-10-9-11-20(23)26(38)40-29(2,3)4/h8-17H,1H2,2-7H3,(H,36,37). The number of ether oxygens (including phenoxy) is 2. The van der Waals surface area contributed by atoms with Crippen molar-refractivity contribution in [3.05, 3.63) is 78.3 Å². The van der Waals surface area contributed by atoms with Gasteiger partial charge in [0.2, 0.25) is 0 Å². The number of amides is 1. The highest BCUT2D eigenvalue weighted by Crippen LogP contribution is 2.31. The van der Waals surface area contributed by atoms with E-state index in [0.717, 1.165) is 4.90 Å². The summed E-state index contributed by atoms with van der Waals surface area (Å²) in [6.07, 6.45) is 3.74. The number of esters is 1. The number of hydrogen-bond donors (Lipinski definition) is 1. The zero-order chi connectivity index (χ0) is 30.1. The average molecular weight is 558 g/mol. The zero-order valence-electron chi connectivity index (χ0n) is 23.7. The van der Waals surface area contributed by atoms with Crippen LogP contribution in [0, 0.1) is 0 Å². The number of fused-ring (bicyclic) bond motifs is 1. The van der Waals surface area contributed by atoms with Crippen LogP contribution in [0.4, 0.5) is 16.4 Å². The molecule has 0 aliphatic carbocycles. The lowest BCUT2D eigenvalue weighted by Crippen LogP contribution is -2.35. The molecule has 3 heterocycles. The van der Waals surface area contributed by atoms with Crippen molar-refractivity contribution in [3.8, 4) is 11.1 Å². The summed E-state index contributed by atoms with van der Waals surface area (Å²) in [6.45, 7) is 14.0. The van der Waals surface area contributed by atoms with Gasteiger partial charge in [0, 0.05) is 18.0 Å². The normalized spacial score (nSPS) is 11.7. The average Bonchev–Trinajstić information content (AvgIpc) is 3.29. The van der Waals surface area contributed by atoms with Crippen LogP contribution < -0.4 is 4.90 Å². The molecule has 0 atom stereocenters. The molecule has 212 valence electrons. The first-order valence-electron chi connectivity index (χ1n) is 12.7. The van der Waals surface area contributed by atoms with Crippen LogP contribution in [0.25, 0.3) is 22.9 Å². The van der Waals surface area contributed by atoms with Gasteiger partial charge in [-0.15, -0.1) is 5.10 Å². The Morgan fingerprint density at radius 1 is 0.951 bits per heavy atom. The lowest BCUT2D eigenvalue weighted by molar-refractivity contribution is 0.00703. The molecule has 0 aliphatic heterocycles. The van der Waals surface area contributed by atoms with Crippen LogP contribution in [0.15, 0.2) is 61.4 Å². The van der Waals surface area contributed by atoms with Crippen LogP contribution in [-0.2, 0) is 9.47 Å². The molecule has 0 aliphatic rings. The molecule has 0 bridgehead atoms. The van der Waals surface area contributed by atoms with E-state index >= 15 is 0 Å². The summed E-state index contributed by atoms with van der Waals surface area (Å²) in [5.74, 6) is -1.80. The van der Waals surface area contributed by atoms with Crippen molar-refractivity contribution in [1.29, 1.82) is 0 Å². The SMILES string of the molecule is C=Cc1ncc(-c2ccn3nc(N(C(=O)OC(C)(C)C)c4ccccc4C(=O)OC(C)(C)C)nc3c2)cc1C(=O)O. The molecule has 11 heteroatoms. The molecule has 4 rings (SSSR count). The fourth-order valence-corrected chi connectivity index (χ4v) is 3.88. The minimum atomic E-state index is -1.13. The summed E-state index contributed by atoms with van der Waals surface area (Å²) in [4.78, 5) is 48.3. The Kier molecular flexibility index (Phi) is 7.65. The van der Waals surface area contributed by atoms with Gasteiger partial charge in [-0.2, -0.15) is 4.98 Å². The maximum atomic E-state index is 13.5. The second-order valence-corrected chi connectivity index (χ2v) is 11.1. The molecule has 11 nitrogen and oxygen atoms in total. The molecule has 1 aromatic carbocycles. The van der Waals surface area contributed by atoms with Crippen molar-refractivity contribution in [3.63, 3.8) is 0 Å². The molecule has 0 fully saturated rings. The maximum absolute atomic E-state index is 13.5. The highest BCUT2D eigenvalue weighted by molar-refractivity contribution is 6.04. The third-order valence-corrected chi connectivity index (χ3v) is 5.54. The van der Waals surface area contributed by atoms with E-state index in [1.807, 2.05) is 0 Å². The summed E-state index contributed by atoms with van der Waals surface area (Å²) in [5, 5.41) is 14.1. The van der Waals surface area contributed by atoms with Gasteiger partial charge in [0.15, 0.2) is 5.65 Å². The van der Waals surface area contributed by atoms with Crippen molar-refractivity contribution >= 4 is 41.4 Å². The number of hydrogen-bond acceptors (Lipinski definition) is 8. The Balaban J connectivity index is 1.83. The minimum Gasteiger partial charge on any atom is -0.478 e. The number of aromatic carboxylic acids is 1. The van der Waals surface area contributed by atoms with Gasteiger partial charge in [0.05, 0.1) is 22.5 Å². The van der Waals surface area contributed by atoms with Crippen LogP contribution in [0.3, 0.4) is 0 Å². The number of pyridine rings is 2. The number of rotatable bonds is 6. The molecule has 0 unspecified atom stereocenters. The number of carbonyl (C=O) groups is 3. The molecule has 0 saturated heterocycles. The summed E-state index contributed by atoms with van der Waals surface area (Å²) in [5.41, 5.74) is 0.472. The van der Waals surface area contributed by atoms with E-state index in [1.54, 1.807) is 84.1 Å². The lowest BCUT2D eigenvalue weighted by Gasteiger charge is -2.27. The Morgan fingerprint density at radius 3 is 2.27 bits per heavy atom. The van der Waals surface area contributed by atoms with Crippen molar-refractivity contribution in [2.75, 3.05) is 4.90 Å². The highest BCUT2D eigenvalue weighted by atomic mass is 16.6.